The molecule has 3 rings (SSSR count). The third-order valence-corrected chi connectivity index (χ3v) is 4.91. The maximum Gasteiger partial charge on any atom is 0.226 e. The van der Waals surface area contributed by atoms with Gasteiger partial charge in [0.05, 0.1) is 0 Å². The summed E-state index contributed by atoms with van der Waals surface area (Å²) < 4.78 is 0. The summed E-state index contributed by atoms with van der Waals surface area (Å²) in [4.78, 5) is 27.8. The minimum absolute atomic E-state index is 0.0679. The Bertz CT molecular complexity index is 361. The molecule has 3 unspecified atom stereocenters. The lowest BCUT2D eigenvalue weighted by atomic mass is 9.84. The number of hydrogen-bond donors (Lipinski definition) is 1. The van der Waals surface area contributed by atoms with Gasteiger partial charge in [-0.05, 0) is 33.1 Å². The van der Waals surface area contributed by atoms with E-state index in [1.807, 2.05) is 13.8 Å². The minimum Gasteiger partial charge on any atom is -0.359 e. The fourth-order valence-electron chi connectivity index (χ4n) is 3.69. The number of nitrogens with one attached hydrogen (secondary N) is 1. The Morgan fingerprint density at radius 3 is 2.30 bits per heavy atom. The van der Waals surface area contributed by atoms with Gasteiger partial charge in [0.1, 0.15) is 0 Å². The second-order valence-corrected chi connectivity index (χ2v) is 6.68. The van der Waals surface area contributed by atoms with Gasteiger partial charge in [-0.3, -0.25) is 14.5 Å². The molecular weight excluding hydrogens is 290 g/mol. The normalized spacial score (nSPS) is 24.3. The molecule has 5 heteroatoms. The molecular formula is C18H35N3O2. The highest BCUT2D eigenvalue weighted by molar-refractivity contribution is 5.80. The zero-order valence-electron chi connectivity index (χ0n) is 15.5. The fourth-order valence-corrected chi connectivity index (χ4v) is 3.69. The molecule has 2 amide bonds. The smallest absolute Gasteiger partial charge is 0.226 e. The van der Waals surface area contributed by atoms with Crippen LogP contribution in [0.25, 0.3) is 0 Å². The van der Waals surface area contributed by atoms with Crippen LogP contribution in [-0.4, -0.2) is 59.9 Å². The van der Waals surface area contributed by atoms with Crippen molar-refractivity contribution < 1.29 is 9.59 Å². The van der Waals surface area contributed by atoms with Crippen molar-refractivity contribution in [1.29, 1.82) is 0 Å². The third-order valence-electron chi connectivity index (χ3n) is 4.91. The van der Waals surface area contributed by atoms with Gasteiger partial charge >= 0.3 is 0 Å². The van der Waals surface area contributed by atoms with Crippen LogP contribution in [0.5, 0.6) is 0 Å². The van der Waals surface area contributed by atoms with Crippen LogP contribution in [0.2, 0.25) is 0 Å². The van der Waals surface area contributed by atoms with Gasteiger partial charge in [0.25, 0.3) is 0 Å². The predicted molar refractivity (Wildman–Crippen MR) is 94.2 cm³/mol. The highest BCUT2D eigenvalue weighted by atomic mass is 16.2. The molecule has 0 aliphatic carbocycles. The zero-order valence-corrected chi connectivity index (χ0v) is 15.5. The molecule has 2 bridgehead atoms. The quantitative estimate of drug-likeness (QED) is 0.550. The van der Waals surface area contributed by atoms with Crippen molar-refractivity contribution >= 4 is 12.3 Å². The van der Waals surface area contributed by atoms with Crippen molar-refractivity contribution in [2.24, 2.45) is 5.92 Å². The van der Waals surface area contributed by atoms with E-state index in [0.717, 1.165) is 32.4 Å². The van der Waals surface area contributed by atoms with E-state index < -0.39 is 0 Å². The predicted octanol–water partition coefficient (Wildman–Crippen LogP) is 2.26. The number of piperazine rings is 1. The van der Waals surface area contributed by atoms with E-state index in [2.05, 4.69) is 35.9 Å². The van der Waals surface area contributed by atoms with Crippen molar-refractivity contribution in [3.05, 3.63) is 0 Å². The maximum atomic E-state index is 12.8. The Kier molecular flexibility index (Phi) is 8.59. The van der Waals surface area contributed by atoms with Crippen LogP contribution in [0.4, 0.5) is 0 Å². The Morgan fingerprint density at radius 2 is 1.83 bits per heavy atom. The molecule has 3 aliphatic rings. The molecule has 0 spiro atoms. The summed E-state index contributed by atoms with van der Waals surface area (Å²) in [5.74, 6) is 0.382. The molecule has 3 atom stereocenters. The van der Waals surface area contributed by atoms with E-state index in [4.69, 9.17) is 0 Å². The first-order valence-electron chi connectivity index (χ1n) is 9.31. The first kappa shape index (κ1) is 19.9. The number of nitrogens with zero attached hydrogens (tertiary/aromatic N) is 2. The fraction of sp³-hybridized carbons (Fsp3) is 0.889. The van der Waals surface area contributed by atoms with Crippen molar-refractivity contribution in [2.75, 3.05) is 19.6 Å². The summed E-state index contributed by atoms with van der Waals surface area (Å²) in [5, 5.41) is 2.68. The highest BCUT2D eigenvalue weighted by Crippen LogP contribution is 2.35. The van der Waals surface area contributed by atoms with Crippen LogP contribution < -0.4 is 5.32 Å². The van der Waals surface area contributed by atoms with Crippen LogP contribution in [-0.2, 0) is 9.59 Å². The Balaban J connectivity index is 0.00000127. The van der Waals surface area contributed by atoms with Gasteiger partial charge in [0.15, 0.2) is 0 Å². The summed E-state index contributed by atoms with van der Waals surface area (Å²) in [6.45, 7) is 13.2. The minimum atomic E-state index is 0.0679. The number of piperidine rings is 1. The maximum absolute atomic E-state index is 12.8. The molecule has 5 nitrogen and oxygen atoms in total. The molecule has 0 aromatic rings. The Hall–Kier alpha value is -1.10. The van der Waals surface area contributed by atoms with E-state index in [-0.39, 0.29) is 5.92 Å². The lowest BCUT2D eigenvalue weighted by molar-refractivity contribution is -0.160. The summed E-state index contributed by atoms with van der Waals surface area (Å²) >= 11 is 0. The molecule has 3 saturated heterocycles. The van der Waals surface area contributed by atoms with Gasteiger partial charge in [-0.25, -0.2) is 0 Å². The van der Waals surface area contributed by atoms with E-state index in [1.54, 1.807) is 0 Å². The van der Waals surface area contributed by atoms with Crippen LogP contribution in [0.3, 0.4) is 0 Å². The second-order valence-electron chi connectivity index (χ2n) is 6.68. The number of rotatable bonds is 8. The average molecular weight is 325 g/mol. The monoisotopic (exact) mass is 325 g/mol. The number of carbonyl (C=O) groups is 2. The largest absolute Gasteiger partial charge is 0.359 e. The van der Waals surface area contributed by atoms with Crippen LogP contribution in [0.1, 0.15) is 60.3 Å². The molecule has 0 aromatic carbocycles. The average Bonchev–Trinajstić information content (AvgIpc) is 2.56. The van der Waals surface area contributed by atoms with Crippen molar-refractivity contribution in [1.82, 2.24) is 15.1 Å². The molecule has 23 heavy (non-hydrogen) atoms. The molecule has 0 aromatic heterocycles. The van der Waals surface area contributed by atoms with Crippen molar-refractivity contribution in [3.8, 4) is 0 Å². The Morgan fingerprint density at radius 1 is 1.22 bits per heavy atom. The second kappa shape index (κ2) is 9.91. The van der Waals surface area contributed by atoms with E-state index >= 15 is 0 Å². The van der Waals surface area contributed by atoms with E-state index in [0.29, 0.717) is 37.0 Å². The van der Waals surface area contributed by atoms with Gasteiger partial charge < -0.3 is 10.2 Å². The molecule has 3 aliphatic heterocycles. The topological polar surface area (TPSA) is 52.7 Å². The SMILES string of the molecule is CC.CCCC(CCNC=O)C(=O)N1C2CC1CN(C(C)C)C2. The lowest BCUT2D eigenvalue weighted by Gasteiger charge is -2.58. The lowest BCUT2D eigenvalue weighted by Crippen LogP contribution is -2.71. The number of amides is 2. The van der Waals surface area contributed by atoms with Gasteiger partial charge in [-0.1, -0.05) is 27.2 Å². The van der Waals surface area contributed by atoms with E-state index in [9.17, 15) is 9.59 Å². The molecule has 0 radical (unpaired) electrons. The summed E-state index contributed by atoms with van der Waals surface area (Å²) in [6.07, 6.45) is 4.57. The molecule has 3 fully saturated rings. The number of carbonyl (C=O) groups excluding carboxylic acids is 2. The summed E-state index contributed by atoms with van der Waals surface area (Å²) in [5.41, 5.74) is 0. The van der Waals surface area contributed by atoms with Gasteiger partial charge in [-0.15, -0.1) is 0 Å². The third kappa shape index (κ3) is 4.93. The molecule has 1 N–H and O–H groups in total. The van der Waals surface area contributed by atoms with Crippen LogP contribution in [0.15, 0.2) is 0 Å². The first-order chi connectivity index (χ1) is 11.1. The van der Waals surface area contributed by atoms with Crippen LogP contribution >= 0.6 is 0 Å². The van der Waals surface area contributed by atoms with Gasteiger partial charge in [-0.2, -0.15) is 0 Å². The summed E-state index contributed by atoms with van der Waals surface area (Å²) in [7, 11) is 0. The highest BCUT2D eigenvalue weighted by Gasteiger charge is 2.48. The summed E-state index contributed by atoms with van der Waals surface area (Å²) in [6, 6.07) is 1.39. The van der Waals surface area contributed by atoms with Gasteiger partial charge in [0, 0.05) is 43.7 Å². The van der Waals surface area contributed by atoms with Crippen LogP contribution in [0, 0.1) is 5.92 Å². The zero-order chi connectivity index (χ0) is 17.4. The molecule has 134 valence electrons. The molecule has 3 heterocycles. The Labute approximate surface area is 141 Å². The van der Waals surface area contributed by atoms with Gasteiger partial charge in [0.2, 0.25) is 12.3 Å². The van der Waals surface area contributed by atoms with E-state index in [1.165, 1.54) is 6.42 Å². The standard InChI is InChI=1S/C16H29N3O2.C2H6/c1-4-5-13(6-7-17-11-20)16(21)19-14-8-15(19)10-18(9-14)12(2)3;1-2/h11-15H,4-10H2,1-3H3,(H,17,20);1-2H3. The molecule has 0 saturated carbocycles. The van der Waals surface area contributed by atoms with Crippen molar-refractivity contribution in [2.45, 2.75) is 78.4 Å². The first-order valence-corrected chi connectivity index (χ1v) is 9.31. The number of fused-ring (bicyclic) bond motifs is 2. The van der Waals surface area contributed by atoms with Crippen molar-refractivity contribution in [3.63, 3.8) is 0 Å². The number of hydrogen-bond acceptors (Lipinski definition) is 3.